The SMILES string of the molecule is C#Cc1ccnc2[nH]cc(Cc3ccc(CCc4cc(F)cnc4OC)nc3)c12. The van der Waals surface area contributed by atoms with Gasteiger partial charge in [-0.3, -0.25) is 4.98 Å². The lowest BCUT2D eigenvalue weighted by Gasteiger charge is -2.08. The standard InChI is InChI=1S/C23H19FN4O/c1-3-16-8-9-25-22-21(16)18(13-27-22)10-15-4-6-20(26-12-15)7-5-17-11-19(24)14-28-23(17)29-2/h1,4,6,8-9,11-14H,5,7,10H2,2H3,(H,25,27). The molecule has 0 amide bonds. The van der Waals surface area contributed by atoms with Crippen LogP contribution in [0.3, 0.4) is 0 Å². The first-order valence-electron chi connectivity index (χ1n) is 9.21. The summed E-state index contributed by atoms with van der Waals surface area (Å²) in [5.74, 6) is 2.79. The van der Waals surface area contributed by atoms with Crippen LogP contribution < -0.4 is 4.74 Å². The summed E-state index contributed by atoms with van der Waals surface area (Å²) in [7, 11) is 1.53. The van der Waals surface area contributed by atoms with Crippen LogP contribution in [0, 0.1) is 18.2 Å². The highest BCUT2D eigenvalue weighted by Crippen LogP contribution is 2.23. The van der Waals surface area contributed by atoms with Crippen LogP contribution in [-0.2, 0) is 19.3 Å². The van der Waals surface area contributed by atoms with Gasteiger partial charge in [-0.15, -0.1) is 6.42 Å². The molecule has 0 saturated carbocycles. The maximum absolute atomic E-state index is 13.5. The molecule has 0 aromatic carbocycles. The molecule has 4 rings (SSSR count). The Morgan fingerprint density at radius 3 is 2.76 bits per heavy atom. The van der Waals surface area contributed by atoms with Gasteiger partial charge in [0.1, 0.15) is 11.5 Å². The summed E-state index contributed by atoms with van der Waals surface area (Å²) in [6.07, 6.45) is 14.3. The van der Waals surface area contributed by atoms with Gasteiger partial charge in [0.15, 0.2) is 0 Å². The van der Waals surface area contributed by atoms with Crippen LogP contribution in [0.25, 0.3) is 11.0 Å². The summed E-state index contributed by atoms with van der Waals surface area (Å²) in [6.45, 7) is 0. The molecule has 0 aliphatic rings. The maximum atomic E-state index is 13.5. The molecule has 4 aromatic heterocycles. The number of aryl methyl sites for hydroxylation is 2. The largest absolute Gasteiger partial charge is 0.481 e. The van der Waals surface area contributed by atoms with Crippen LogP contribution in [0.2, 0.25) is 0 Å². The van der Waals surface area contributed by atoms with Gasteiger partial charge >= 0.3 is 0 Å². The lowest BCUT2D eigenvalue weighted by atomic mass is 10.0. The first-order chi connectivity index (χ1) is 14.2. The zero-order valence-corrected chi connectivity index (χ0v) is 15.9. The van der Waals surface area contributed by atoms with Crippen LogP contribution in [0.15, 0.2) is 49.1 Å². The molecular formula is C23H19FN4O. The van der Waals surface area contributed by atoms with Gasteiger partial charge in [0.25, 0.3) is 0 Å². The number of pyridine rings is 3. The highest BCUT2D eigenvalue weighted by Gasteiger charge is 2.10. The van der Waals surface area contributed by atoms with Gasteiger partial charge in [-0.25, -0.2) is 14.4 Å². The molecule has 144 valence electrons. The molecule has 0 bridgehead atoms. The molecule has 4 heterocycles. The lowest BCUT2D eigenvalue weighted by Crippen LogP contribution is -2.00. The van der Waals surface area contributed by atoms with Gasteiger partial charge in [0.2, 0.25) is 5.88 Å². The Hall–Kier alpha value is -3.72. The number of H-pyrrole nitrogens is 1. The lowest BCUT2D eigenvalue weighted by molar-refractivity contribution is 0.390. The van der Waals surface area contributed by atoms with Crippen molar-refractivity contribution in [2.75, 3.05) is 7.11 Å². The van der Waals surface area contributed by atoms with E-state index in [0.29, 0.717) is 25.1 Å². The topological polar surface area (TPSA) is 63.7 Å². The predicted molar refractivity (Wildman–Crippen MR) is 109 cm³/mol. The fraction of sp³-hybridized carbons (Fsp3) is 0.174. The molecule has 0 aliphatic carbocycles. The Morgan fingerprint density at radius 2 is 2.00 bits per heavy atom. The second-order valence-corrected chi connectivity index (χ2v) is 6.70. The fourth-order valence-electron chi connectivity index (χ4n) is 3.41. The van der Waals surface area contributed by atoms with Crippen molar-refractivity contribution in [2.24, 2.45) is 0 Å². The van der Waals surface area contributed by atoms with Gasteiger partial charge < -0.3 is 9.72 Å². The highest BCUT2D eigenvalue weighted by atomic mass is 19.1. The zero-order chi connectivity index (χ0) is 20.2. The summed E-state index contributed by atoms with van der Waals surface area (Å²) < 4.78 is 18.7. The zero-order valence-electron chi connectivity index (χ0n) is 15.9. The van der Waals surface area contributed by atoms with Crippen molar-refractivity contribution < 1.29 is 9.13 Å². The second-order valence-electron chi connectivity index (χ2n) is 6.70. The van der Waals surface area contributed by atoms with E-state index in [2.05, 4.69) is 25.9 Å². The fourth-order valence-corrected chi connectivity index (χ4v) is 3.41. The summed E-state index contributed by atoms with van der Waals surface area (Å²) in [5.41, 5.74) is 5.43. The monoisotopic (exact) mass is 386 g/mol. The molecule has 4 aromatic rings. The van der Waals surface area contributed by atoms with Crippen molar-refractivity contribution in [3.8, 4) is 18.2 Å². The highest BCUT2D eigenvalue weighted by molar-refractivity contribution is 5.86. The van der Waals surface area contributed by atoms with E-state index in [9.17, 15) is 4.39 Å². The number of hydrogen-bond acceptors (Lipinski definition) is 4. The van der Waals surface area contributed by atoms with Gasteiger partial charge in [-0.05, 0) is 42.2 Å². The third-order valence-corrected chi connectivity index (χ3v) is 4.83. The van der Waals surface area contributed by atoms with Gasteiger partial charge in [0.05, 0.1) is 13.3 Å². The molecule has 0 fully saturated rings. The Balaban J connectivity index is 1.48. The van der Waals surface area contributed by atoms with Crippen LogP contribution in [-0.4, -0.2) is 27.0 Å². The van der Waals surface area contributed by atoms with E-state index in [1.54, 1.807) is 6.20 Å². The Labute approximate surface area is 168 Å². The van der Waals surface area contributed by atoms with E-state index in [1.165, 1.54) is 13.2 Å². The molecule has 0 saturated heterocycles. The molecule has 6 heteroatoms. The number of fused-ring (bicyclic) bond motifs is 1. The smallest absolute Gasteiger partial charge is 0.216 e. The molecule has 29 heavy (non-hydrogen) atoms. The molecule has 0 unspecified atom stereocenters. The number of hydrogen-bond donors (Lipinski definition) is 1. The first-order valence-corrected chi connectivity index (χ1v) is 9.21. The number of ether oxygens (including phenoxy) is 1. The van der Waals surface area contributed by atoms with Crippen molar-refractivity contribution in [1.29, 1.82) is 0 Å². The van der Waals surface area contributed by atoms with E-state index < -0.39 is 0 Å². The number of methoxy groups -OCH3 is 1. The summed E-state index contributed by atoms with van der Waals surface area (Å²) >= 11 is 0. The molecule has 5 nitrogen and oxygen atoms in total. The molecule has 0 radical (unpaired) electrons. The summed E-state index contributed by atoms with van der Waals surface area (Å²) in [5, 5.41) is 0.977. The van der Waals surface area contributed by atoms with E-state index in [4.69, 9.17) is 11.2 Å². The third-order valence-electron chi connectivity index (χ3n) is 4.83. The molecule has 0 spiro atoms. The van der Waals surface area contributed by atoms with Crippen molar-refractivity contribution in [3.63, 3.8) is 0 Å². The Kier molecular flexibility index (Phi) is 5.21. The Bertz CT molecular complexity index is 1190. The van der Waals surface area contributed by atoms with Gasteiger partial charge in [-0.1, -0.05) is 12.0 Å². The third kappa shape index (κ3) is 3.94. The number of terminal acetylenes is 1. The van der Waals surface area contributed by atoms with Gasteiger partial charge in [-0.2, -0.15) is 0 Å². The van der Waals surface area contributed by atoms with Crippen LogP contribution >= 0.6 is 0 Å². The summed E-state index contributed by atoms with van der Waals surface area (Å²) in [4.78, 5) is 16.0. The molecule has 0 aliphatic heterocycles. The summed E-state index contributed by atoms with van der Waals surface area (Å²) in [6, 6.07) is 7.34. The maximum Gasteiger partial charge on any atom is 0.216 e. The first kappa shape index (κ1) is 18.6. The van der Waals surface area contributed by atoms with Crippen molar-refractivity contribution in [3.05, 3.63) is 82.8 Å². The number of nitrogens with one attached hydrogen (secondary N) is 1. The minimum Gasteiger partial charge on any atom is -0.481 e. The minimum atomic E-state index is -0.372. The number of aromatic amines is 1. The predicted octanol–water partition coefficient (Wildman–Crippen LogP) is 3.86. The van der Waals surface area contributed by atoms with Crippen LogP contribution in [0.4, 0.5) is 4.39 Å². The quantitative estimate of drug-likeness (QED) is 0.511. The average molecular weight is 386 g/mol. The van der Waals surface area contributed by atoms with E-state index in [0.717, 1.165) is 45.2 Å². The Morgan fingerprint density at radius 1 is 1.10 bits per heavy atom. The van der Waals surface area contributed by atoms with E-state index >= 15 is 0 Å². The number of nitrogens with zero attached hydrogens (tertiary/aromatic N) is 3. The van der Waals surface area contributed by atoms with Crippen molar-refractivity contribution in [1.82, 2.24) is 19.9 Å². The number of rotatable bonds is 6. The molecule has 0 atom stereocenters. The normalized spacial score (nSPS) is 10.8. The average Bonchev–Trinajstić information content (AvgIpc) is 3.16. The van der Waals surface area contributed by atoms with E-state index in [-0.39, 0.29) is 5.82 Å². The van der Waals surface area contributed by atoms with E-state index in [1.807, 2.05) is 30.6 Å². The van der Waals surface area contributed by atoms with Crippen LogP contribution in [0.1, 0.15) is 27.9 Å². The number of aromatic nitrogens is 4. The molecular weight excluding hydrogens is 367 g/mol. The minimum absolute atomic E-state index is 0.372. The molecule has 1 N–H and O–H groups in total. The van der Waals surface area contributed by atoms with Gasteiger partial charge in [0, 0.05) is 47.2 Å². The van der Waals surface area contributed by atoms with Crippen molar-refractivity contribution in [2.45, 2.75) is 19.3 Å². The second kappa shape index (κ2) is 8.11. The van der Waals surface area contributed by atoms with Crippen LogP contribution in [0.5, 0.6) is 5.88 Å². The number of halogens is 1. The van der Waals surface area contributed by atoms with Crippen molar-refractivity contribution >= 4 is 11.0 Å².